The van der Waals surface area contributed by atoms with Gasteiger partial charge < -0.3 is 19.5 Å². The topological polar surface area (TPSA) is 56.8 Å². The van der Waals surface area contributed by atoms with Crippen molar-refractivity contribution in [2.75, 3.05) is 26.6 Å². The first-order valence-corrected chi connectivity index (χ1v) is 8.20. The first-order valence-electron chi connectivity index (χ1n) is 7.12. The average Bonchev–Trinajstić information content (AvgIpc) is 2.60. The Balaban J connectivity index is 2.15. The van der Waals surface area contributed by atoms with E-state index >= 15 is 0 Å². The molecule has 5 nitrogen and oxygen atoms in total. The lowest BCUT2D eigenvalue weighted by molar-refractivity contribution is -0.111. The summed E-state index contributed by atoms with van der Waals surface area (Å²) in [5.74, 6) is 1.37. The van der Waals surface area contributed by atoms with Gasteiger partial charge in [-0.2, -0.15) is 0 Å². The Morgan fingerprint density at radius 3 is 2.08 bits per heavy atom. The summed E-state index contributed by atoms with van der Waals surface area (Å²) in [5, 5.41) is 2.80. The second-order valence-corrected chi connectivity index (χ2v) is 6.03. The van der Waals surface area contributed by atoms with E-state index in [1.54, 1.807) is 39.5 Å². The van der Waals surface area contributed by atoms with Crippen LogP contribution in [0.2, 0.25) is 0 Å². The van der Waals surface area contributed by atoms with Gasteiger partial charge >= 0.3 is 0 Å². The van der Waals surface area contributed by atoms with Gasteiger partial charge in [0.25, 0.3) is 0 Å². The summed E-state index contributed by atoms with van der Waals surface area (Å²) < 4.78 is 17.0. The Labute approximate surface area is 154 Å². The molecule has 0 heterocycles. The van der Waals surface area contributed by atoms with Crippen molar-refractivity contribution < 1.29 is 19.0 Å². The number of benzene rings is 2. The quantitative estimate of drug-likeness (QED) is 0.547. The van der Waals surface area contributed by atoms with Gasteiger partial charge in [0.1, 0.15) is 0 Å². The molecule has 0 aliphatic heterocycles. The number of methoxy groups -OCH3 is 3. The third-order valence-corrected chi connectivity index (χ3v) is 3.95. The van der Waals surface area contributed by atoms with Crippen LogP contribution in [0.4, 0.5) is 5.69 Å². The molecule has 0 atom stereocenters. The van der Waals surface area contributed by atoms with E-state index in [9.17, 15) is 4.79 Å². The number of carbonyl (C=O) groups is 1. The van der Waals surface area contributed by atoms with Crippen LogP contribution in [-0.2, 0) is 4.79 Å². The lowest BCUT2D eigenvalue weighted by Gasteiger charge is -2.12. The van der Waals surface area contributed by atoms with Crippen LogP contribution in [0, 0.1) is 3.57 Å². The second-order valence-electron chi connectivity index (χ2n) is 4.79. The van der Waals surface area contributed by atoms with E-state index < -0.39 is 0 Å². The van der Waals surface area contributed by atoms with Crippen molar-refractivity contribution in [2.24, 2.45) is 0 Å². The summed E-state index contributed by atoms with van der Waals surface area (Å²) in [5.41, 5.74) is 1.51. The van der Waals surface area contributed by atoms with Gasteiger partial charge in [0.05, 0.1) is 21.3 Å². The molecule has 0 bridgehead atoms. The van der Waals surface area contributed by atoms with Crippen LogP contribution in [0.15, 0.2) is 42.5 Å². The number of hydrogen-bond donors (Lipinski definition) is 1. The first-order chi connectivity index (χ1) is 11.6. The molecular formula is C18H18INO4. The number of amides is 1. The molecule has 6 heteroatoms. The molecule has 0 aliphatic carbocycles. The summed E-state index contributed by atoms with van der Waals surface area (Å²) >= 11 is 2.21. The molecule has 0 unspecified atom stereocenters. The number of nitrogens with one attached hydrogen (secondary N) is 1. The second kappa shape index (κ2) is 8.58. The zero-order chi connectivity index (χ0) is 17.5. The first kappa shape index (κ1) is 18.1. The van der Waals surface area contributed by atoms with Gasteiger partial charge in [-0.1, -0.05) is 0 Å². The molecule has 0 saturated carbocycles. The van der Waals surface area contributed by atoms with E-state index in [0.29, 0.717) is 17.2 Å². The molecule has 24 heavy (non-hydrogen) atoms. The van der Waals surface area contributed by atoms with Crippen molar-refractivity contribution >= 4 is 40.3 Å². The number of anilines is 1. The van der Waals surface area contributed by atoms with Gasteiger partial charge in [-0.25, -0.2) is 0 Å². The van der Waals surface area contributed by atoms with E-state index in [1.807, 2.05) is 24.3 Å². The van der Waals surface area contributed by atoms with Crippen molar-refractivity contribution in [1.82, 2.24) is 0 Å². The monoisotopic (exact) mass is 439 g/mol. The van der Waals surface area contributed by atoms with Crippen molar-refractivity contribution in [1.29, 1.82) is 0 Å². The highest BCUT2D eigenvalue weighted by Gasteiger charge is 2.12. The van der Waals surface area contributed by atoms with Crippen LogP contribution in [-0.4, -0.2) is 27.2 Å². The van der Waals surface area contributed by atoms with Crippen LogP contribution in [0.3, 0.4) is 0 Å². The van der Waals surface area contributed by atoms with E-state index in [1.165, 1.54) is 6.08 Å². The SMILES string of the molecule is COc1cc(/C=C/C(=O)Nc2ccc(I)cc2)cc(OC)c1OC. The maximum absolute atomic E-state index is 12.0. The molecular weight excluding hydrogens is 421 g/mol. The normalized spacial score (nSPS) is 10.5. The molecule has 1 N–H and O–H groups in total. The molecule has 0 aromatic heterocycles. The third-order valence-electron chi connectivity index (χ3n) is 3.23. The van der Waals surface area contributed by atoms with Crippen molar-refractivity contribution in [3.8, 4) is 17.2 Å². The molecule has 0 aliphatic rings. The number of ether oxygens (including phenoxy) is 3. The molecule has 0 fully saturated rings. The highest BCUT2D eigenvalue weighted by Crippen LogP contribution is 2.38. The highest BCUT2D eigenvalue weighted by atomic mass is 127. The zero-order valence-corrected chi connectivity index (χ0v) is 15.8. The molecule has 2 rings (SSSR count). The Bertz CT molecular complexity index is 716. The summed E-state index contributed by atoms with van der Waals surface area (Å²) in [7, 11) is 4.65. The van der Waals surface area contributed by atoms with Crippen LogP contribution < -0.4 is 19.5 Å². The summed E-state index contributed by atoms with van der Waals surface area (Å²) in [6, 6.07) is 11.1. The molecule has 0 saturated heterocycles. The van der Waals surface area contributed by atoms with Gasteiger partial charge in [-0.3, -0.25) is 4.79 Å². The van der Waals surface area contributed by atoms with E-state index in [0.717, 1.165) is 14.8 Å². The van der Waals surface area contributed by atoms with E-state index in [2.05, 4.69) is 27.9 Å². The minimum absolute atomic E-state index is 0.218. The zero-order valence-electron chi connectivity index (χ0n) is 13.6. The average molecular weight is 439 g/mol. The maximum atomic E-state index is 12.0. The minimum atomic E-state index is -0.218. The predicted molar refractivity (Wildman–Crippen MR) is 103 cm³/mol. The highest BCUT2D eigenvalue weighted by molar-refractivity contribution is 14.1. The number of halogens is 1. The summed E-state index contributed by atoms with van der Waals surface area (Å²) in [6.45, 7) is 0. The predicted octanol–water partition coefficient (Wildman–Crippen LogP) is 3.97. The van der Waals surface area contributed by atoms with Crippen LogP contribution in [0.5, 0.6) is 17.2 Å². The van der Waals surface area contributed by atoms with E-state index in [-0.39, 0.29) is 5.91 Å². The summed E-state index contributed by atoms with van der Waals surface area (Å²) in [6.07, 6.45) is 3.14. The minimum Gasteiger partial charge on any atom is -0.493 e. The fourth-order valence-electron chi connectivity index (χ4n) is 2.09. The molecule has 2 aromatic carbocycles. The molecule has 1 amide bonds. The fourth-order valence-corrected chi connectivity index (χ4v) is 2.45. The van der Waals surface area contributed by atoms with Crippen molar-refractivity contribution in [3.63, 3.8) is 0 Å². The van der Waals surface area contributed by atoms with Crippen molar-refractivity contribution in [2.45, 2.75) is 0 Å². The number of carbonyl (C=O) groups excluding carboxylic acids is 1. The van der Waals surface area contributed by atoms with Gasteiger partial charge in [-0.15, -0.1) is 0 Å². The van der Waals surface area contributed by atoms with Gasteiger partial charge in [0.15, 0.2) is 11.5 Å². The Hall–Kier alpha value is -2.22. The fraction of sp³-hybridized carbons (Fsp3) is 0.167. The standard InChI is InChI=1S/C18H18INO4/c1-22-15-10-12(11-16(23-2)18(15)24-3)4-9-17(21)20-14-7-5-13(19)6-8-14/h4-11H,1-3H3,(H,20,21)/b9-4+. The maximum Gasteiger partial charge on any atom is 0.248 e. The smallest absolute Gasteiger partial charge is 0.248 e. The lowest BCUT2D eigenvalue weighted by Crippen LogP contribution is -2.07. The molecule has 2 aromatic rings. The Morgan fingerprint density at radius 1 is 1.00 bits per heavy atom. The molecule has 0 radical (unpaired) electrons. The molecule has 126 valence electrons. The van der Waals surface area contributed by atoms with Crippen molar-refractivity contribution in [3.05, 3.63) is 51.6 Å². The van der Waals surface area contributed by atoms with Gasteiger partial charge in [0.2, 0.25) is 11.7 Å². The number of rotatable bonds is 6. The van der Waals surface area contributed by atoms with E-state index in [4.69, 9.17) is 14.2 Å². The third kappa shape index (κ3) is 4.64. The van der Waals surface area contributed by atoms with Crippen LogP contribution in [0.1, 0.15) is 5.56 Å². The van der Waals surface area contributed by atoms with Gasteiger partial charge in [-0.05, 0) is 70.6 Å². The Morgan fingerprint density at radius 2 is 1.58 bits per heavy atom. The Kier molecular flexibility index (Phi) is 6.48. The van der Waals surface area contributed by atoms with Gasteiger partial charge in [0, 0.05) is 15.3 Å². The largest absolute Gasteiger partial charge is 0.493 e. The van der Waals surface area contributed by atoms with Crippen LogP contribution >= 0.6 is 22.6 Å². The summed E-state index contributed by atoms with van der Waals surface area (Å²) in [4.78, 5) is 12.0. The molecule has 0 spiro atoms. The number of hydrogen-bond acceptors (Lipinski definition) is 4. The van der Waals surface area contributed by atoms with Crippen LogP contribution in [0.25, 0.3) is 6.08 Å². The lowest BCUT2D eigenvalue weighted by atomic mass is 10.1.